The van der Waals surface area contributed by atoms with Gasteiger partial charge in [0.15, 0.2) is 0 Å². The van der Waals surface area contributed by atoms with Gasteiger partial charge in [0.1, 0.15) is 10.8 Å². The molecule has 1 aromatic heterocycles. The molecule has 0 spiro atoms. The van der Waals surface area contributed by atoms with E-state index in [1.807, 2.05) is 6.92 Å². The minimum Gasteiger partial charge on any atom is -0.385 e. The summed E-state index contributed by atoms with van der Waals surface area (Å²) in [7, 11) is 0. The molecule has 0 saturated heterocycles. The van der Waals surface area contributed by atoms with Gasteiger partial charge in [-0.1, -0.05) is 37.9 Å². The van der Waals surface area contributed by atoms with Gasteiger partial charge in [0.05, 0.1) is 5.60 Å². The van der Waals surface area contributed by atoms with Crippen molar-refractivity contribution in [3.63, 3.8) is 0 Å². The summed E-state index contributed by atoms with van der Waals surface area (Å²) in [4.78, 5) is 3.31. The second kappa shape index (κ2) is 5.05. The van der Waals surface area contributed by atoms with Crippen molar-refractivity contribution in [1.29, 1.82) is 0 Å². The molecule has 2 nitrogen and oxygen atoms in total. The number of nitrogens with zero attached hydrogens (tertiary/aromatic N) is 1. The second-order valence-corrected chi connectivity index (χ2v) is 4.85. The van der Waals surface area contributed by atoms with Crippen LogP contribution in [0.15, 0.2) is 12.1 Å². The summed E-state index contributed by atoms with van der Waals surface area (Å²) < 4.78 is 37.3. The van der Waals surface area contributed by atoms with E-state index in [-0.39, 0.29) is 16.6 Å². The van der Waals surface area contributed by atoms with Crippen LogP contribution in [0.3, 0.4) is 0 Å². The number of pyridine rings is 1. The van der Waals surface area contributed by atoms with Gasteiger partial charge in [0.25, 0.3) is 0 Å². The third-order valence-electron chi connectivity index (χ3n) is 3.26. The predicted octanol–water partition coefficient (Wildman–Crippen LogP) is 4.01. The van der Waals surface area contributed by atoms with Crippen LogP contribution in [0, 0.1) is 5.92 Å². The first-order chi connectivity index (χ1) is 8.10. The van der Waals surface area contributed by atoms with E-state index in [2.05, 4.69) is 4.98 Å². The van der Waals surface area contributed by atoms with E-state index in [9.17, 15) is 18.3 Å². The van der Waals surface area contributed by atoms with Crippen molar-refractivity contribution < 1.29 is 18.3 Å². The predicted molar refractivity (Wildman–Crippen MR) is 63.3 cm³/mol. The monoisotopic (exact) mass is 281 g/mol. The Morgan fingerprint density at radius 3 is 2.33 bits per heavy atom. The molecule has 1 aromatic rings. The summed E-state index contributed by atoms with van der Waals surface area (Å²) in [5.74, 6) is -0.145. The number of hydrogen-bond donors (Lipinski definition) is 1. The zero-order valence-corrected chi connectivity index (χ0v) is 11.1. The van der Waals surface area contributed by atoms with Crippen molar-refractivity contribution in [2.75, 3.05) is 0 Å². The molecule has 0 radical (unpaired) electrons. The summed E-state index contributed by atoms with van der Waals surface area (Å²) in [6, 6.07) is 2.02. The lowest BCUT2D eigenvalue weighted by Crippen LogP contribution is -2.30. The number of hydrogen-bond acceptors (Lipinski definition) is 2. The number of halogens is 4. The van der Waals surface area contributed by atoms with Gasteiger partial charge in [0, 0.05) is 5.56 Å². The lowest BCUT2D eigenvalue weighted by Gasteiger charge is -2.30. The van der Waals surface area contributed by atoms with Crippen molar-refractivity contribution in [1.82, 2.24) is 4.98 Å². The van der Waals surface area contributed by atoms with E-state index >= 15 is 0 Å². The first-order valence-electron chi connectivity index (χ1n) is 5.57. The first-order valence-corrected chi connectivity index (χ1v) is 5.95. The molecule has 0 fully saturated rings. The Hall–Kier alpha value is -0.810. The van der Waals surface area contributed by atoms with Gasteiger partial charge in [-0.15, -0.1) is 0 Å². The Morgan fingerprint density at radius 2 is 1.94 bits per heavy atom. The highest BCUT2D eigenvalue weighted by molar-refractivity contribution is 6.30. The van der Waals surface area contributed by atoms with Crippen molar-refractivity contribution in [2.24, 2.45) is 5.92 Å². The molecule has 18 heavy (non-hydrogen) atoms. The van der Waals surface area contributed by atoms with Crippen LogP contribution in [0.5, 0.6) is 0 Å². The van der Waals surface area contributed by atoms with E-state index in [0.717, 1.165) is 6.07 Å². The van der Waals surface area contributed by atoms with Crippen LogP contribution < -0.4 is 0 Å². The zero-order chi connectivity index (χ0) is 14.1. The standard InChI is InChI=1S/C12H15ClF3NO/c1-4-7(2)11(3,18)8-5-6-9(12(14,15)16)17-10(8)13/h5-7,18H,4H2,1-3H3. The molecule has 0 bridgehead atoms. The van der Waals surface area contributed by atoms with Crippen LogP contribution in [0.4, 0.5) is 13.2 Å². The van der Waals surface area contributed by atoms with E-state index in [0.29, 0.717) is 6.42 Å². The lowest BCUT2D eigenvalue weighted by molar-refractivity contribution is -0.141. The normalized spacial score (nSPS) is 17.3. The molecular weight excluding hydrogens is 267 g/mol. The average molecular weight is 282 g/mol. The molecule has 0 aliphatic rings. The van der Waals surface area contributed by atoms with Gasteiger partial charge >= 0.3 is 6.18 Å². The highest BCUT2D eigenvalue weighted by atomic mass is 35.5. The molecule has 2 unspecified atom stereocenters. The molecule has 6 heteroatoms. The van der Waals surface area contributed by atoms with Gasteiger partial charge in [-0.2, -0.15) is 13.2 Å². The molecule has 0 aromatic carbocycles. The summed E-state index contributed by atoms with van der Waals surface area (Å²) in [6.07, 6.45) is -3.87. The molecular formula is C12H15ClF3NO. The highest BCUT2D eigenvalue weighted by Gasteiger charge is 2.36. The maximum absolute atomic E-state index is 12.4. The summed E-state index contributed by atoms with van der Waals surface area (Å²) in [6.45, 7) is 5.20. The van der Waals surface area contributed by atoms with Crippen molar-refractivity contribution >= 4 is 11.6 Å². The summed E-state index contributed by atoms with van der Waals surface area (Å²) in [5, 5.41) is 10.0. The fraction of sp³-hybridized carbons (Fsp3) is 0.583. The van der Waals surface area contributed by atoms with E-state index in [4.69, 9.17) is 11.6 Å². The smallest absolute Gasteiger partial charge is 0.385 e. The maximum atomic E-state index is 12.4. The fourth-order valence-electron chi connectivity index (χ4n) is 1.63. The molecule has 2 atom stereocenters. The van der Waals surface area contributed by atoms with Gasteiger partial charge in [-0.3, -0.25) is 0 Å². The van der Waals surface area contributed by atoms with E-state index in [1.165, 1.54) is 13.0 Å². The minimum atomic E-state index is -4.54. The van der Waals surface area contributed by atoms with Gasteiger partial charge in [0.2, 0.25) is 0 Å². The number of alkyl halides is 3. The third kappa shape index (κ3) is 2.95. The molecule has 1 rings (SSSR count). The lowest BCUT2D eigenvalue weighted by atomic mass is 9.83. The molecule has 102 valence electrons. The number of aromatic nitrogens is 1. The van der Waals surface area contributed by atoms with E-state index < -0.39 is 17.5 Å². The molecule has 0 aliphatic heterocycles. The Labute approximate surface area is 109 Å². The van der Waals surface area contributed by atoms with Crippen LogP contribution in [-0.2, 0) is 11.8 Å². The summed E-state index contributed by atoms with van der Waals surface area (Å²) >= 11 is 5.75. The Kier molecular flexibility index (Phi) is 4.28. The van der Waals surface area contributed by atoms with Crippen molar-refractivity contribution in [3.05, 3.63) is 28.5 Å². The van der Waals surface area contributed by atoms with Gasteiger partial charge in [-0.05, 0) is 18.9 Å². The fourth-order valence-corrected chi connectivity index (χ4v) is 1.98. The first kappa shape index (κ1) is 15.2. The van der Waals surface area contributed by atoms with Crippen molar-refractivity contribution in [3.8, 4) is 0 Å². The van der Waals surface area contributed by atoms with Crippen LogP contribution in [0.2, 0.25) is 5.15 Å². The van der Waals surface area contributed by atoms with Crippen LogP contribution in [0.25, 0.3) is 0 Å². The van der Waals surface area contributed by atoms with Crippen molar-refractivity contribution in [2.45, 2.75) is 39.0 Å². The van der Waals surface area contributed by atoms with Crippen LogP contribution in [0.1, 0.15) is 38.4 Å². The number of aliphatic hydroxyl groups is 1. The Bertz CT molecular complexity index is 432. The maximum Gasteiger partial charge on any atom is 0.433 e. The van der Waals surface area contributed by atoms with Gasteiger partial charge in [-0.25, -0.2) is 4.98 Å². The SMILES string of the molecule is CCC(C)C(C)(O)c1ccc(C(F)(F)F)nc1Cl. The highest BCUT2D eigenvalue weighted by Crippen LogP contribution is 2.37. The average Bonchev–Trinajstić information content (AvgIpc) is 2.26. The largest absolute Gasteiger partial charge is 0.433 e. The summed E-state index contributed by atoms with van der Waals surface area (Å²) in [5.41, 5.74) is -2.15. The van der Waals surface area contributed by atoms with Crippen LogP contribution >= 0.6 is 11.6 Å². The molecule has 0 saturated carbocycles. The molecule has 0 aliphatic carbocycles. The molecule has 1 N–H and O–H groups in total. The van der Waals surface area contributed by atoms with E-state index in [1.54, 1.807) is 6.92 Å². The minimum absolute atomic E-state index is 0.145. The second-order valence-electron chi connectivity index (χ2n) is 4.49. The zero-order valence-electron chi connectivity index (χ0n) is 10.3. The quantitative estimate of drug-likeness (QED) is 0.849. The molecule has 1 heterocycles. The Balaban J connectivity index is 3.22. The number of rotatable bonds is 3. The third-order valence-corrected chi connectivity index (χ3v) is 3.54. The topological polar surface area (TPSA) is 33.1 Å². The van der Waals surface area contributed by atoms with Gasteiger partial charge < -0.3 is 5.11 Å². The van der Waals surface area contributed by atoms with Crippen LogP contribution in [-0.4, -0.2) is 10.1 Å². The Morgan fingerprint density at radius 1 is 1.39 bits per heavy atom. The molecule has 0 amide bonds.